The van der Waals surface area contributed by atoms with E-state index < -0.39 is 0 Å². The minimum atomic E-state index is -0.279. The van der Waals surface area contributed by atoms with Crippen LogP contribution in [0.25, 0.3) is 0 Å². The summed E-state index contributed by atoms with van der Waals surface area (Å²) in [4.78, 5) is 23.4. The molecule has 0 heterocycles. The molecular weight excluding hydrogens is 302 g/mol. The molecule has 0 bridgehead atoms. The van der Waals surface area contributed by atoms with Gasteiger partial charge in [-0.15, -0.1) is 0 Å². The molecule has 6 heteroatoms. The zero-order valence-electron chi connectivity index (χ0n) is 13.5. The highest BCUT2D eigenvalue weighted by Crippen LogP contribution is 2.25. The van der Waals surface area contributed by atoms with Crippen LogP contribution in [0.1, 0.15) is 40.5 Å². The number of benzene rings is 1. The van der Waals surface area contributed by atoms with Gasteiger partial charge in [0.25, 0.3) is 0 Å². The fourth-order valence-corrected chi connectivity index (χ4v) is 2.01. The third kappa shape index (κ3) is 6.80. The third-order valence-corrected chi connectivity index (χ3v) is 3.01. The number of carbonyl (C=O) groups excluding carboxylic acids is 2. The second-order valence-electron chi connectivity index (χ2n) is 6.14. The van der Waals surface area contributed by atoms with Crippen molar-refractivity contribution in [3.05, 3.63) is 23.2 Å². The maximum Gasteiger partial charge on any atom is 0.239 e. The number of anilines is 2. The van der Waals surface area contributed by atoms with Crippen LogP contribution in [0.5, 0.6) is 0 Å². The number of carbonyl (C=O) groups is 2. The number of halogens is 1. The molecule has 0 spiro atoms. The van der Waals surface area contributed by atoms with Crippen molar-refractivity contribution in [3.63, 3.8) is 0 Å². The van der Waals surface area contributed by atoms with Gasteiger partial charge in [-0.1, -0.05) is 18.5 Å². The first kappa shape index (κ1) is 18.3. The van der Waals surface area contributed by atoms with Gasteiger partial charge < -0.3 is 16.0 Å². The summed E-state index contributed by atoms with van der Waals surface area (Å²) < 4.78 is 0. The smallest absolute Gasteiger partial charge is 0.239 e. The summed E-state index contributed by atoms with van der Waals surface area (Å²) >= 11 is 6.10. The van der Waals surface area contributed by atoms with E-state index in [1.165, 1.54) is 0 Å². The van der Waals surface area contributed by atoms with E-state index in [4.69, 9.17) is 11.6 Å². The zero-order valence-corrected chi connectivity index (χ0v) is 14.3. The van der Waals surface area contributed by atoms with E-state index in [0.717, 1.165) is 6.42 Å². The van der Waals surface area contributed by atoms with Crippen molar-refractivity contribution in [2.75, 3.05) is 17.2 Å². The average Bonchev–Trinajstić information content (AvgIpc) is 2.37. The van der Waals surface area contributed by atoms with E-state index in [1.807, 2.05) is 27.7 Å². The first-order valence-electron chi connectivity index (χ1n) is 7.35. The van der Waals surface area contributed by atoms with Gasteiger partial charge in [0, 0.05) is 17.6 Å². The van der Waals surface area contributed by atoms with Crippen molar-refractivity contribution < 1.29 is 9.59 Å². The Morgan fingerprint density at radius 3 is 2.45 bits per heavy atom. The topological polar surface area (TPSA) is 70.2 Å². The van der Waals surface area contributed by atoms with Crippen LogP contribution in [-0.4, -0.2) is 23.9 Å². The largest absolute Gasteiger partial charge is 0.375 e. The Labute approximate surface area is 136 Å². The Morgan fingerprint density at radius 1 is 1.18 bits per heavy atom. The van der Waals surface area contributed by atoms with Gasteiger partial charge in [0.1, 0.15) is 0 Å². The van der Waals surface area contributed by atoms with Gasteiger partial charge in [0.2, 0.25) is 11.8 Å². The monoisotopic (exact) mass is 325 g/mol. The Hall–Kier alpha value is -1.75. The molecule has 2 amide bonds. The molecule has 122 valence electrons. The van der Waals surface area contributed by atoms with Gasteiger partial charge in [0.15, 0.2) is 0 Å². The normalized spacial score (nSPS) is 11.0. The first-order valence-corrected chi connectivity index (χ1v) is 7.73. The maximum atomic E-state index is 11.8. The summed E-state index contributed by atoms with van der Waals surface area (Å²) in [5.74, 6) is -0.162. The van der Waals surface area contributed by atoms with Crippen molar-refractivity contribution in [1.29, 1.82) is 0 Å². The molecule has 0 atom stereocenters. The molecule has 1 rings (SSSR count). The molecule has 0 aliphatic carbocycles. The predicted octanol–water partition coefficient (Wildman–Crippen LogP) is 3.41. The number of nitrogens with one attached hydrogen (secondary N) is 3. The standard InChI is InChI=1S/C16H24ClN3O2/c1-5-6-14(21)19-11-7-8-12(17)13(9-11)18-10-15(22)20-16(2,3)4/h7-9,18H,5-6,10H2,1-4H3,(H,19,21)(H,20,22). The SMILES string of the molecule is CCCC(=O)Nc1ccc(Cl)c(NCC(=O)NC(C)(C)C)c1. The van der Waals surface area contributed by atoms with Gasteiger partial charge >= 0.3 is 0 Å². The van der Waals surface area contributed by atoms with E-state index in [-0.39, 0.29) is 23.9 Å². The highest BCUT2D eigenvalue weighted by atomic mass is 35.5. The fraction of sp³-hybridized carbons (Fsp3) is 0.500. The maximum absolute atomic E-state index is 11.8. The lowest BCUT2D eigenvalue weighted by atomic mass is 10.1. The summed E-state index contributed by atoms with van der Waals surface area (Å²) in [7, 11) is 0. The van der Waals surface area contributed by atoms with Crippen molar-refractivity contribution in [2.24, 2.45) is 0 Å². The van der Waals surface area contributed by atoms with Crippen molar-refractivity contribution in [3.8, 4) is 0 Å². The van der Waals surface area contributed by atoms with Crippen LogP contribution in [0.4, 0.5) is 11.4 Å². The van der Waals surface area contributed by atoms with Crippen LogP contribution >= 0.6 is 11.6 Å². The minimum Gasteiger partial charge on any atom is -0.375 e. The number of hydrogen-bond acceptors (Lipinski definition) is 3. The summed E-state index contributed by atoms with van der Waals surface area (Å²) in [5.41, 5.74) is 0.986. The van der Waals surface area contributed by atoms with Crippen LogP contribution in [0.15, 0.2) is 18.2 Å². The third-order valence-electron chi connectivity index (χ3n) is 2.68. The second kappa shape index (κ2) is 8.03. The summed E-state index contributed by atoms with van der Waals surface area (Å²) in [6.45, 7) is 7.82. The van der Waals surface area contributed by atoms with Gasteiger partial charge in [-0.25, -0.2) is 0 Å². The Morgan fingerprint density at radius 2 is 1.86 bits per heavy atom. The predicted molar refractivity (Wildman–Crippen MR) is 91.4 cm³/mol. The fourth-order valence-electron chi connectivity index (χ4n) is 1.83. The van der Waals surface area contributed by atoms with Gasteiger partial charge in [-0.05, 0) is 45.4 Å². The summed E-state index contributed by atoms with van der Waals surface area (Å²) in [6.07, 6.45) is 1.26. The van der Waals surface area contributed by atoms with Crippen LogP contribution in [-0.2, 0) is 9.59 Å². The number of amides is 2. The second-order valence-corrected chi connectivity index (χ2v) is 6.55. The highest BCUT2D eigenvalue weighted by molar-refractivity contribution is 6.33. The van der Waals surface area contributed by atoms with E-state index in [0.29, 0.717) is 22.8 Å². The van der Waals surface area contributed by atoms with Gasteiger partial charge in [0.05, 0.1) is 17.3 Å². The molecule has 0 unspecified atom stereocenters. The Balaban J connectivity index is 2.66. The summed E-state index contributed by atoms with van der Waals surface area (Å²) in [6, 6.07) is 5.14. The lowest BCUT2D eigenvalue weighted by Crippen LogP contribution is -2.43. The van der Waals surface area contributed by atoms with Crippen molar-refractivity contribution >= 4 is 34.8 Å². The van der Waals surface area contributed by atoms with E-state index in [2.05, 4.69) is 16.0 Å². The Bertz CT molecular complexity index is 539. The van der Waals surface area contributed by atoms with Crippen molar-refractivity contribution in [1.82, 2.24) is 5.32 Å². The van der Waals surface area contributed by atoms with Crippen LogP contribution < -0.4 is 16.0 Å². The molecule has 0 radical (unpaired) electrons. The quantitative estimate of drug-likeness (QED) is 0.750. The minimum absolute atomic E-state index is 0.0405. The van der Waals surface area contributed by atoms with Crippen molar-refractivity contribution in [2.45, 2.75) is 46.1 Å². The number of hydrogen-bond donors (Lipinski definition) is 3. The lowest BCUT2D eigenvalue weighted by molar-refractivity contribution is -0.120. The molecule has 0 aliphatic rings. The van der Waals surface area contributed by atoms with E-state index in [1.54, 1.807) is 18.2 Å². The van der Waals surface area contributed by atoms with Gasteiger partial charge in [-0.2, -0.15) is 0 Å². The molecule has 3 N–H and O–H groups in total. The molecule has 1 aromatic rings. The van der Waals surface area contributed by atoms with Gasteiger partial charge in [-0.3, -0.25) is 9.59 Å². The molecule has 0 aliphatic heterocycles. The molecule has 0 saturated carbocycles. The van der Waals surface area contributed by atoms with Crippen LogP contribution in [0.2, 0.25) is 5.02 Å². The molecule has 0 fully saturated rings. The zero-order chi connectivity index (χ0) is 16.8. The first-order chi connectivity index (χ1) is 10.2. The van der Waals surface area contributed by atoms with Crippen LogP contribution in [0.3, 0.4) is 0 Å². The Kier molecular flexibility index (Phi) is 6.68. The average molecular weight is 326 g/mol. The lowest BCUT2D eigenvalue weighted by Gasteiger charge is -2.21. The molecule has 1 aromatic carbocycles. The van der Waals surface area contributed by atoms with Crippen LogP contribution in [0, 0.1) is 0 Å². The van der Waals surface area contributed by atoms with E-state index >= 15 is 0 Å². The molecule has 0 saturated heterocycles. The highest BCUT2D eigenvalue weighted by Gasteiger charge is 2.13. The molecule has 22 heavy (non-hydrogen) atoms. The summed E-state index contributed by atoms with van der Waals surface area (Å²) in [5, 5.41) is 9.14. The van der Waals surface area contributed by atoms with E-state index in [9.17, 15) is 9.59 Å². The molecular formula is C16H24ClN3O2. The molecule has 5 nitrogen and oxygen atoms in total. The number of rotatable bonds is 6. The molecule has 0 aromatic heterocycles.